The number of carboxylic acid groups (broad SMARTS) is 1. The van der Waals surface area contributed by atoms with Crippen LogP contribution >= 0.6 is 0 Å². The number of amides is 5. The predicted octanol–water partition coefficient (Wildman–Crippen LogP) is 5.13. The number of hydrogen-bond acceptors (Lipinski definition) is 14. The number of carbonyl (C=O) groups is 7. The third-order valence-corrected chi connectivity index (χ3v) is 13.1. The van der Waals surface area contributed by atoms with E-state index in [2.05, 4.69) is 38.5 Å². The van der Waals surface area contributed by atoms with Gasteiger partial charge in [0.15, 0.2) is 5.78 Å². The zero-order chi connectivity index (χ0) is 54.3. The monoisotopic (exact) mass is 1050 g/mol. The summed E-state index contributed by atoms with van der Waals surface area (Å²) < 4.78 is 21.4. The second-order valence-corrected chi connectivity index (χ2v) is 19.4. The van der Waals surface area contributed by atoms with Crippen LogP contribution in [0.4, 0.5) is 0 Å². The molecule has 2 radical (unpaired) electrons. The number of carboxylic acids is 1. The van der Waals surface area contributed by atoms with Crippen LogP contribution < -0.4 is 31.9 Å². The molecule has 0 aromatic heterocycles. The number of carbonyl (C=O) groups excluding carboxylic acids is 6. The lowest BCUT2D eigenvalue weighted by Gasteiger charge is -2.29. The second kappa shape index (κ2) is 47.3. The number of unbranched alkanes of at least 4 members (excludes halogenated alkanes) is 16. The third-order valence-electron chi connectivity index (χ3n) is 13.1. The molecule has 1 aliphatic rings. The molecule has 0 aliphatic heterocycles. The zero-order valence-corrected chi connectivity index (χ0v) is 44.7. The number of rotatable bonds is 51. The molecule has 0 spiro atoms. The third kappa shape index (κ3) is 40.1. The number of ether oxygens (including phenoxy) is 4. The minimum absolute atomic E-state index is 0.0632. The Balaban J connectivity index is 1.97. The molecular formula is C54H96N6O14. The smallest absolute Gasteiger partial charge is 0.303 e. The molecule has 1 rings (SSSR count). The van der Waals surface area contributed by atoms with Gasteiger partial charge in [-0.25, -0.2) is 0 Å². The molecule has 0 aromatic carbocycles. The molecule has 0 heterocycles. The minimum atomic E-state index is -0.750. The van der Waals surface area contributed by atoms with E-state index in [9.17, 15) is 38.7 Å². The summed E-state index contributed by atoms with van der Waals surface area (Å²) in [6.07, 6.45) is 24.7. The molecule has 9 N–H and O–H groups in total. The normalized spacial score (nSPS) is 15.2. The van der Waals surface area contributed by atoms with Gasteiger partial charge in [-0.05, 0) is 70.1 Å². The van der Waals surface area contributed by atoms with Crippen LogP contribution in [-0.4, -0.2) is 154 Å². The maximum atomic E-state index is 13.1. The van der Waals surface area contributed by atoms with Crippen LogP contribution in [0.15, 0.2) is 12.3 Å². The molecular weight excluding hydrogens is 957 g/mol. The van der Waals surface area contributed by atoms with E-state index < -0.39 is 24.7 Å². The van der Waals surface area contributed by atoms with Gasteiger partial charge in [0.05, 0.1) is 51.7 Å². The van der Waals surface area contributed by atoms with Crippen LogP contribution in [0.3, 0.4) is 0 Å². The molecule has 0 bridgehead atoms. The number of Topliss-reactive ketones (excluding diaryl/α,β-unsaturated/α-hetero) is 1. The Morgan fingerprint density at radius 1 is 0.500 bits per heavy atom. The molecule has 1 saturated carbocycles. The van der Waals surface area contributed by atoms with Crippen LogP contribution in [0.25, 0.3) is 0 Å². The van der Waals surface area contributed by atoms with Gasteiger partial charge < -0.3 is 66.2 Å². The fourth-order valence-electron chi connectivity index (χ4n) is 8.53. The van der Waals surface area contributed by atoms with Gasteiger partial charge in [-0.15, -0.1) is 0 Å². The average Bonchev–Trinajstić information content (AvgIpc) is 3.38. The van der Waals surface area contributed by atoms with Gasteiger partial charge in [-0.3, -0.25) is 33.6 Å². The van der Waals surface area contributed by atoms with Crippen LogP contribution in [0.5, 0.6) is 0 Å². The van der Waals surface area contributed by atoms with Gasteiger partial charge in [-0.1, -0.05) is 96.5 Å². The van der Waals surface area contributed by atoms with E-state index >= 15 is 0 Å². The quantitative estimate of drug-likeness (QED) is 0.0217. The summed E-state index contributed by atoms with van der Waals surface area (Å²) in [4.78, 5) is 83.9. The summed E-state index contributed by atoms with van der Waals surface area (Å²) in [5.41, 5.74) is 0. The Morgan fingerprint density at radius 3 is 1.45 bits per heavy atom. The largest absolute Gasteiger partial charge is 0.511 e. The van der Waals surface area contributed by atoms with Crippen molar-refractivity contribution in [2.75, 3.05) is 85.6 Å². The Bertz CT molecular complexity index is 1530. The Hall–Kier alpha value is -4.21. The lowest BCUT2D eigenvalue weighted by atomic mass is 9.81. The van der Waals surface area contributed by atoms with E-state index in [1.165, 1.54) is 64.2 Å². The number of ketones is 1. The molecule has 20 heteroatoms. The predicted molar refractivity (Wildman–Crippen MR) is 282 cm³/mol. The van der Waals surface area contributed by atoms with Crippen molar-refractivity contribution >= 4 is 41.3 Å². The number of aliphatic carboxylic acids is 1. The average molecular weight is 1050 g/mol. The van der Waals surface area contributed by atoms with E-state index in [0.717, 1.165) is 51.4 Å². The zero-order valence-electron chi connectivity index (χ0n) is 44.7. The van der Waals surface area contributed by atoms with Gasteiger partial charge in [-0.2, -0.15) is 0 Å². The maximum Gasteiger partial charge on any atom is 0.303 e. The Kier molecular flexibility index (Phi) is 43.3. The van der Waals surface area contributed by atoms with Crippen LogP contribution in [-0.2, 0) is 52.5 Å². The van der Waals surface area contributed by atoms with Gasteiger partial charge in [0.2, 0.25) is 29.5 Å². The second-order valence-electron chi connectivity index (χ2n) is 19.4. The van der Waals surface area contributed by atoms with E-state index in [4.69, 9.17) is 36.2 Å². The van der Waals surface area contributed by atoms with E-state index in [1.807, 2.05) is 0 Å². The summed E-state index contributed by atoms with van der Waals surface area (Å²) in [5, 5.41) is 44.2. The summed E-state index contributed by atoms with van der Waals surface area (Å²) >= 11 is 0. The maximum absolute atomic E-state index is 13.1. The summed E-state index contributed by atoms with van der Waals surface area (Å²) in [6, 6.07) is -1.36. The van der Waals surface area contributed by atoms with E-state index in [0.29, 0.717) is 64.0 Å². The summed E-state index contributed by atoms with van der Waals surface area (Å²) in [5.74, 6) is -2.10. The van der Waals surface area contributed by atoms with Crippen molar-refractivity contribution in [1.82, 2.24) is 31.9 Å². The highest BCUT2D eigenvalue weighted by molar-refractivity contribution is 5.85. The fourth-order valence-corrected chi connectivity index (χ4v) is 8.53. The topological polar surface area (TPSA) is 289 Å². The molecule has 1 aliphatic carbocycles. The van der Waals surface area contributed by atoms with Crippen molar-refractivity contribution in [2.24, 2.45) is 11.8 Å². The highest BCUT2D eigenvalue weighted by atomic mass is 16.5. The number of nitrogens with one attached hydrogen (secondary N) is 6. The highest BCUT2D eigenvalue weighted by Gasteiger charge is 2.28. The molecule has 5 amide bonds. The molecule has 426 valence electrons. The van der Waals surface area contributed by atoms with Crippen LogP contribution in [0.1, 0.15) is 173 Å². The molecule has 0 aromatic rings. The van der Waals surface area contributed by atoms with E-state index in [-0.39, 0.29) is 126 Å². The lowest BCUT2D eigenvalue weighted by Crippen LogP contribution is -2.42. The number of aliphatic hydroxyl groups excluding tert-OH is 2. The molecule has 2 atom stereocenters. The highest BCUT2D eigenvalue weighted by Crippen LogP contribution is 2.29. The van der Waals surface area contributed by atoms with Gasteiger partial charge in [0.25, 0.3) is 0 Å². The molecule has 1 fully saturated rings. The first-order valence-electron chi connectivity index (χ1n) is 27.7. The van der Waals surface area contributed by atoms with Gasteiger partial charge in [0.1, 0.15) is 25.6 Å². The van der Waals surface area contributed by atoms with E-state index in [1.54, 1.807) is 0 Å². The van der Waals surface area contributed by atoms with Crippen molar-refractivity contribution in [1.29, 1.82) is 0 Å². The fraction of sp³-hybridized carbons (Fsp3) is 0.815. The van der Waals surface area contributed by atoms with Crippen molar-refractivity contribution in [3.05, 3.63) is 19.4 Å². The first kappa shape index (κ1) is 67.8. The first-order valence-corrected chi connectivity index (χ1v) is 27.7. The number of aliphatic hydroxyl groups is 2. The standard InChI is InChI=1S/C54H96N6O14/c1-43(62)46(60-54(70)45-26-24-44(25-27-45)39-59-49(64)22-17-15-13-11-9-7-5-3-4-6-8-10-12-14-16-18-23-53(68)69)28-29-50(65)57-31-33-71-35-38-74-42-52(67)58-32-34-72-36-37-73-41-51(66)56-30-20-19-21-47(55-2)48(63)40-61/h2,44-47,55,61-62H,1,3-42H2,(H,56,66)(H,57,65)(H,58,67)(H,59,64)(H,60,70)(H,68,69)/t44?,45?,46-,47-/m0/s1. The molecule has 20 nitrogen and oxygen atoms in total. The minimum Gasteiger partial charge on any atom is -0.511 e. The van der Waals surface area contributed by atoms with Crippen molar-refractivity contribution < 1.29 is 67.8 Å². The van der Waals surface area contributed by atoms with Gasteiger partial charge in [0, 0.05) is 58.4 Å². The van der Waals surface area contributed by atoms with Crippen molar-refractivity contribution in [3.8, 4) is 0 Å². The first-order chi connectivity index (χ1) is 35.9. The van der Waals surface area contributed by atoms with Gasteiger partial charge >= 0.3 is 5.97 Å². The molecule has 0 saturated heterocycles. The molecule has 0 unspecified atom stereocenters. The van der Waals surface area contributed by atoms with Crippen LogP contribution in [0, 0.1) is 18.9 Å². The van der Waals surface area contributed by atoms with Crippen molar-refractivity contribution in [3.63, 3.8) is 0 Å². The Labute approximate surface area is 442 Å². The van der Waals surface area contributed by atoms with Crippen molar-refractivity contribution in [2.45, 2.75) is 185 Å². The Morgan fingerprint density at radius 2 is 0.959 bits per heavy atom. The van der Waals surface area contributed by atoms with Crippen LogP contribution in [0.2, 0.25) is 0 Å². The summed E-state index contributed by atoms with van der Waals surface area (Å²) in [6.45, 7) is 5.58. The SMILES string of the molecule is [CH]N[C@@H](CCCCNC(=O)COCCOCCNC(=O)COCCOCCNC(=O)CC[C@H](NC(=O)C1CCC(CNC(=O)CCCCCCCCCCCCCCCCCCC(=O)O)CC1)C(=C)O)C(=O)CO. The molecule has 74 heavy (non-hydrogen) atoms. The number of hydrogen-bond donors (Lipinski definition) is 9. The summed E-state index contributed by atoms with van der Waals surface area (Å²) in [7, 11) is 5.31. The lowest BCUT2D eigenvalue weighted by molar-refractivity contribution is -0.137.